The molecule has 0 radical (unpaired) electrons. The average Bonchev–Trinajstić information content (AvgIpc) is 3.09. The van der Waals surface area contributed by atoms with Crippen molar-refractivity contribution < 1.29 is 18.0 Å². The first-order valence-electron chi connectivity index (χ1n) is 9.84. The molecular weight excluding hydrogens is 482 g/mol. The van der Waals surface area contributed by atoms with Crippen LogP contribution in [0.1, 0.15) is 6.42 Å². The van der Waals surface area contributed by atoms with E-state index in [-0.39, 0.29) is 22.4 Å². The molecule has 1 N–H and O–H groups in total. The van der Waals surface area contributed by atoms with Crippen LogP contribution in [0, 0.1) is 0 Å². The lowest BCUT2D eigenvalue weighted by atomic mass is 10.2. The van der Waals surface area contributed by atoms with Gasteiger partial charge in [0.1, 0.15) is 5.25 Å². The summed E-state index contributed by atoms with van der Waals surface area (Å²) in [6.45, 7) is 0. The van der Waals surface area contributed by atoms with Gasteiger partial charge in [0.2, 0.25) is 11.8 Å². The predicted molar refractivity (Wildman–Crippen MR) is 131 cm³/mol. The number of nitrogens with zero attached hydrogens (tertiary/aromatic N) is 2. The highest BCUT2D eigenvalue weighted by Crippen LogP contribution is 2.35. The van der Waals surface area contributed by atoms with Crippen LogP contribution >= 0.6 is 23.4 Å². The third-order valence-electron chi connectivity index (χ3n) is 4.69. The van der Waals surface area contributed by atoms with E-state index >= 15 is 0 Å². The number of carbonyl (C=O) groups excluding carboxylic acids is 2. The lowest BCUT2D eigenvalue weighted by Crippen LogP contribution is -2.33. The zero-order valence-electron chi connectivity index (χ0n) is 17.1. The van der Waals surface area contributed by atoms with Crippen molar-refractivity contribution in [3.8, 4) is 0 Å². The standard InChI is InChI=1S/C23H18ClN3O4S2/c24-16-11-13-19(14-12-16)33(30,31)26-23-27(18-9-5-2-6-10-18)22(29)20(32-23)15-21(28)25-17-7-3-1-4-8-17/h1-14,20H,15H2,(H,25,28)/t20-/m0/s1. The van der Waals surface area contributed by atoms with E-state index in [1.807, 2.05) is 6.07 Å². The topological polar surface area (TPSA) is 95.9 Å². The number of rotatable bonds is 6. The summed E-state index contributed by atoms with van der Waals surface area (Å²) in [5.74, 6) is -0.777. The van der Waals surface area contributed by atoms with Crippen molar-refractivity contribution in [1.82, 2.24) is 0 Å². The van der Waals surface area contributed by atoms with Gasteiger partial charge in [-0.25, -0.2) is 0 Å². The number of anilines is 2. The summed E-state index contributed by atoms with van der Waals surface area (Å²) >= 11 is 6.80. The first-order valence-corrected chi connectivity index (χ1v) is 12.5. The van der Waals surface area contributed by atoms with Gasteiger partial charge in [-0.1, -0.05) is 59.8 Å². The highest BCUT2D eigenvalue weighted by Gasteiger charge is 2.41. The second-order valence-corrected chi connectivity index (χ2v) is 10.2. The van der Waals surface area contributed by atoms with Crippen molar-refractivity contribution in [2.24, 2.45) is 4.40 Å². The Bertz CT molecular complexity index is 1300. The van der Waals surface area contributed by atoms with Crippen molar-refractivity contribution in [2.75, 3.05) is 10.2 Å². The highest BCUT2D eigenvalue weighted by atomic mass is 35.5. The van der Waals surface area contributed by atoms with E-state index in [1.54, 1.807) is 54.6 Å². The third kappa shape index (κ3) is 5.44. The molecule has 0 aliphatic carbocycles. The fraction of sp³-hybridized carbons (Fsp3) is 0.0870. The molecule has 1 aliphatic rings. The molecule has 33 heavy (non-hydrogen) atoms. The van der Waals surface area contributed by atoms with Crippen LogP contribution in [0.15, 0.2) is 94.2 Å². The summed E-state index contributed by atoms with van der Waals surface area (Å²) in [5, 5.41) is 2.29. The minimum absolute atomic E-state index is 0.0151. The van der Waals surface area contributed by atoms with E-state index in [0.29, 0.717) is 16.4 Å². The molecule has 4 rings (SSSR count). The Morgan fingerprint density at radius 1 is 0.970 bits per heavy atom. The summed E-state index contributed by atoms with van der Waals surface area (Å²) < 4.78 is 29.7. The van der Waals surface area contributed by atoms with E-state index in [2.05, 4.69) is 9.71 Å². The zero-order valence-corrected chi connectivity index (χ0v) is 19.5. The molecule has 1 aliphatic heterocycles. The molecule has 0 bridgehead atoms. The second-order valence-electron chi connectivity index (χ2n) is 7.04. The number of benzene rings is 3. The van der Waals surface area contributed by atoms with Gasteiger partial charge in [-0.05, 0) is 48.5 Å². The molecule has 1 atom stereocenters. The molecule has 168 valence electrons. The Morgan fingerprint density at radius 2 is 1.58 bits per heavy atom. The van der Waals surface area contributed by atoms with Crippen LogP contribution in [0.5, 0.6) is 0 Å². The van der Waals surface area contributed by atoms with Crippen molar-refractivity contribution in [3.05, 3.63) is 90.0 Å². The molecule has 1 saturated heterocycles. The van der Waals surface area contributed by atoms with Crippen LogP contribution in [-0.2, 0) is 19.6 Å². The van der Waals surface area contributed by atoms with Gasteiger partial charge in [0.25, 0.3) is 10.0 Å². The lowest BCUT2D eigenvalue weighted by Gasteiger charge is -2.16. The van der Waals surface area contributed by atoms with Crippen molar-refractivity contribution in [3.63, 3.8) is 0 Å². The van der Waals surface area contributed by atoms with Crippen LogP contribution in [0.4, 0.5) is 11.4 Å². The number of sulfonamides is 1. The molecule has 1 heterocycles. The molecule has 0 unspecified atom stereocenters. The molecule has 7 nitrogen and oxygen atoms in total. The smallest absolute Gasteiger partial charge is 0.284 e. The molecule has 0 spiro atoms. The molecule has 3 aromatic carbocycles. The monoisotopic (exact) mass is 499 g/mol. The van der Waals surface area contributed by atoms with E-state index in [0.717, 1.165) is 11.8 Å². The van der Waals surface area contributed by atoms with Gasteiger partial charge in [-0.3, -0.25) is 14.5 Å². The zero-order chi connectivity index (χ0) is 23.4. The number of hydrogen-bond donors (Lipinski definition) is 1. The third-order valence-corrected chi connectivity index (χ3v) is 7.47. The van der Waals surface area contributed by atoms with Gasteiger partial charge < -0.3 is 5.32 Å². The Hall–Kier alpha value is -3.14. The van der Waals surface area contributed by atoms with Gasteiger partial charge in [-0.15, -0.1) is 4.40 Å². The maximum atomic E-state index is 13.2. The predicted octanol–water partition coefficient (Wildman–Crippen LogP) is 4.56. The Labute approximate surface area is 200 Å². The molecule has 2 amide bonds. The Morgan fingerprint density at radius 3 is 2.21 bits per heavy atom. The van der Waals surface area contributed by atoms with E-state index < -0.39 is 21.2 Å². The minimum Gasteiger partial charge on any atom is -0.326 e. The minimum atomic E-state index is -4.11. The second kappa shape index (κ2) is 9.78. The van der Waals surface area contributed by atoms with Gasteiger partial charge >= 0.3 is 0 Å². The molecule has 0 aromatic heterocycles. The number of carbonyl (C=O) groups is 2. The van der Waals surface area contributed by atoms with Gasteiger partial charge in [0.05, 0.1) is 10.6 Å². The van der Waals surface area contributed by atoms with Crippen LogP contribution < -0.4 is 10.2 Å². The molecule has 0 saturated carbocycles. The number of amides is 2. The maximum Gasteiger partial charge on any atom is 0.284 e. The summed E-state index contributed by atoms with van der Waals surface area (Å²) in [4.78, 5) is 26.9. The van der Waals surface area contributed by atoms with Crippen LogP contribution in [-0.4, -0.2) is 30.6 Å². The number of para-hydroxylation sites is 2. The largest absolute Gasteiger partial charge is 0.326 e. The van der Waals surface area contributed by atoms with Gasteiger partial charge in [0, 0.05) is 17.1 Å². The van der Waals surface area contributed by atoms with Crippen molar-refractivity contribution in [1.29, 1.82) is 0 Å². The number of nitrogens with one attached hydrogen (secondary N) is 1. The fourth-order valence-corrected chi connectivity index (χ4v) is 5.60. The number of halogens is 1. The maximum absolute atomic E-state index is 13.2. The first-order chi connectivity index (χ1) is 15.8. The molecule has 3 aromatic rings. The van der Waals surface area contributed by atoms with E-state index in [4.69, 9.17) is 11.6 Å². The number of thioether (sulfide) groups is 1. The molecule has 1 fully saturated rings. The normalized spacial score (nSPS) is 17.4. The SMILES string of the molecule is O=C(C[C@@H]1SC(=NS(=O)(=O)c2ccc(Cl)cc2)N(c2ccccc2)C1=O)Nc1ccccc1. The highest BCUT2D eigenvalue weighted by molar-refractivity contribution is 8.16. The number of hydrogen-bond acceptors (Lipinski definition) is 5. The summed E-state index contributed by atoms with van der Waals surface area (Å²) in [6, 6.07) is 23.1. The van der Waals surface area contributed by atoms with Crippen LogP contribution in [0.3, 0.4) is 0 Å². The van der Waals surface area contributed by atoms with E-state index in [9.17, 15) is 18.0 Å². The summed E-state index contributed by atoms with van der Waals surface area (Å²) in [7, 11) is -4.11. The molecule has 10 heteroatoms. The van der Waals surface area contributed by atoms with Crippen LogP contribution in [0.25, 0.3) is 0 Å². The molecular formula is C23H18ClN3O4S2. The number of amidine groups is 1. The first kappa shape index (κ1) is 23.0. The van der Waals surface area contributed by atoms with Crippen molar-refractivity contribution in [2.45, 2.75) is 16.6 Å². The van der Waals surface area contributed by atoms with Crippen molar-refractivity contribution >= 4 is 61.7 Å². The summed E-state index contributed by atoms with van der Waals surface area (Å²) in [6.07, 6.45) is -0.137. The van der Waals surface area contributed by atoms with Gasteiger partial charge in [0.15, 0.2) is 5.17 Å². The summed E-state index contributed by atoms with van der Waals surface area (Å²) in [5.41, 5.74) is 1.07. The Kier molecular flexibility index (Phi) is 6.83. The average molecular weight is 500 g/mol. The lowest BCUT2D eigenvalue weighted by molar-refractivity contribution is -0.121. The van der Waals surface area contributed by atoms with E-state index in [1.165, 1.54) is 29.2 Å². The fourth-order valence-electron chi connectivity index (χ4n) is 3.14. The van der Waals surface area contributed by atoms with Gasteiger partial charge in [-0.2, -0.15) is 8.42 Å². The quantitative estimate of drug-likeness (QED) is 0.536. The van der Waals surface area contributed by atoms with Crippen LogP contribution in [0.2, 0.25) is 5.02 Å². The Balaban J connectivity index is 1.63.